The summed E-state index contributed by atoms with van der Waals surface area (Å²) in [6, 6.07) is 0. The Morgan fingerprint density at radius 1 is 1.50 bits per heavy atom. The Bertz CT molecular complexity index is 147. The standard InChI is InChI=1S/C12H26N2/c1-4-11(2)8-13-9-12-6-5-7-14(3)10-12/h11-13H,4-10H2,1-3H3. The van der Waals surface area contributed by atoms with Gasteiger partial charge in [0.1, 0.15) is 0 Å². The van der Waals surface area contributed by atoms with Crippen molar-refractivity contribution in [3.8, 4) is 0 Å². The third-order valence-corrected chi connectivity index (χ3v) is 3.34. The normalized spacial score (nSPS) is 26.4. The second-order valence-electron chi connectivity index (χ2n) is 4.94. The number of hydrogen-bond donors (Lipinski definition) is 1. The van der Waals surface area contributed by atoms with Crippen molar-refractivity contribution in [2.45, 2.75) is 33.1 Å². The number of rotatable bonds is 5. The number of piperidine rings is 1. The molecule has 0 aromatic heterocycles. The van der Waals surface area contributed by atoms with Crippen LogP contribution in [0.5, 0.6) is 0 Å². The highest BCUT2D eigenvalue weighted by Gasteiger charge is 2.16. The molecule has 0 aliphatic carbocycles. The molecule has 0 bridgehead atoms. The molecule has 2 unspecified atom stereocenters. The van der Waals surface area contributed by atoms with Crippen molar-refractivity contribution in [1.29, 1.82) is 0 Å². The van der Waals surface area contributed by atoms with E-state index in [0.29, 0.717) is 0 Å². The van der Waals surface area contributed by atoms with E-state index in [0.717, 1.165) is 11.8 Å². The van der Waals surface area contributed by atoms with Gasteiger partial charge in [0.25, 0.3) is 0 Å². The molecular formula is C12H26N2. The number of nitrogens with zero attached hydrogens (tertiary/aromatic N) is 1. The summed E-state index contributed by atoms with van der Waals surface area (Å²) >= 11 is 0. The van der Waals surface area contributed by atoms with Crippen molar-refractivity contribution in [2.75, 3.05) is 33.2 Å². The lowest BCUT2D eigenvalue weighted by molar-refractivity contribution is 0.205. The Balaban J connectivity index is 2.05. The van der Waals surface area contributed by atoms with Gasteiger partial charge in [-0.25, -0.2) is 0 Å². The molecule has 1 fully saturated rings. The highest BCUT2D eigenvalue weighted by atomic mass is 15.1. The van der Waals surface area contributed by atoms with Crippen LogP contribution in [0.25, 0.3) is 0 Å². The maximum atomic E-state index is 3.60. The minimum absolute atomic E-state index is 0.830. The molecular weight excluding hydrogens is 172 g/mol. The third-order valence-electron chi connectivity index (χ3n) is 3.34. The lowest BCUT2D eigenvalue weighted by atomic mass is 9.98. The van der Waals surface area contributed by atoms with Gasteiger partial charge < -0.3 is 10.2 Å². The molecule has 1 heterocycles. The van der Waals surface area contributed by atoms with E-state index in [2.05, 4.69) is 31.1 Å². The van der Waals surface area contributed by atoms with Crippen molar-refractivity contribution in [1.82, 2.24) is 10.2 Å². The molecule has 0 saturated carbocycles. The Hall–Kier alpha value is -0.0800. The molecule has 2 nitrogen and oxygen atoms in total. The number of likely N-dealkylation sites (tertiary alicyclic amines) is 1. The van der Waals surface area contributed by atoms with Gasteiger partial charge in [-0.3, -0.25) is 0 Å². The van der Waals surface area contributed by atoms with Gasteiger partial charge in [-0.15, -0.1) is 0 Å². The molecule has 1 rings (SSSR count). The molecule has 1 saturated heterocycles. The van der Waals surface area contributed by atoms with Gasteiger partial charge >= 0.3 is 0 Å². The average molecular weight is 198 g/mol. The predicted octanol–water partition coefficient (Wildman–Crippen LogP) is 1.96. The van der Waals surface area contributed by atoms with Gasteiger partial charge in [0.05, 0.1) is 0 Å². The molecule has 1 aliphatic rings. The second kappa shape index (κ2) is 6.41. The Morgan fingerprint density at radius 2 is 2.29 bits per heavy atom. The molecule has 0 radical (unpaired) electrons. The average Bonchev–Trinajstić information content (AvgIpc) is 2.17. The van der Waals surface area contributed by atoms with E-state index >= 15 is 0 Å². The summed E-state index contributed by atoms with van der Waals surface area (Å²) in [5.74, 6) is 1.72. The maximum absolute atomic E-state index is 3.60. The van der Waals surface area contributed by atoms with Crippen molar-refractivity contribution in [3.05, 3.63) is 0 Å². The first-order chi connectivity index (χ1) is 6.72. The molecule has 0 amide bonds. The molecule has 2 atom stereocenters. The lowest BCUT2D eigenvalue weighted by Gasteiger charge is -2.30. The van der Waals surface area contributed by atoms with Crippen LogP contribution in [0, 0.1) is 11.8 Å². The summed E-state index contributed by atoms with van der Waals surface area (Å²) < 4.78 is 0. The fourth-order valence-corrected chi connectivity index (χ4v) is 2.12. The van der Waals surface area contributed by atoms with Gasteiger partial charge in [-0.2, -0.15) is 0 Å². The first-order valence-electron chi connectivity index (χ1n) is 6.11. The molecule has 1 N–H and O–H groups in total. The number of nitrogens with one attached hydrogen (secondary N) is 1. The van der Waals surface area contributed by atoms with Gasteiger partial charge in [0.2, 0.25) is 0 Å². The van der Waals surface area contributed by atoms with E-state index in [1.807, 2.05) is 0 Å². The van der Waals surface area contributed by atoms with Crippen molar-refractivity contribution in [3.63, 3.8) is 0 Å². The van der Waals surface area contributed by atoms with Gasteiger partial charge in [0.15, 0.2) is 0 Å². The SMILES string of the molecule is CCC(C)CNCC1CCCN(C)C1. The van der Waals surface area contributed by atoms with Crippen LogP contribution in [0.2, 0.25) is 0 Å². The topological polar surface area (TPSA) is 15.3 Å². The predicted molar refractivity (Wildman–Crippen MR) is 62.5 cm³/mol. The first kappa shape index (κ1) is 12.0. The molecule has 1 aliphatic heterocycles. The van der Waals surface area contributed by atoms with E-state index in [1.54, 1.807) is 0 Å². The zero-order valence-corrected chi connectivity index (χ0v) is 10.1. The van der Waals surface area contributed by atoms with Crippen LogP contribution in [-0.4, -0.2) is 38.1 Å². The fourth-order valence-electron chi connectivity index (χ4n) is 2.12. The summed E-state index contributed by atoms with van der Waals surface area (Å²) in [5.41, 5.74) is 0. The number of hydrogen-bond acceptors (Lipinski definition) is 2. The largest absolute Gasteiger partial charge is 0.316 e. The van der Waals surface area contributed by atoms with Crippen LogP contribution in [0.15, 0.2) is 0 Å². The molecule has 0 aromatic rings. The molecule has 0 spiro atoms. The van der Waals surface area contributed by atoms with Crippen LogP contribution in [-0.2, 0) is 0 Å². The summed E-state index contributed by atoms with van der Waals surface area (Å²) in [6.07, 6.45) is 4.08. The third kappa shape index (κ3) is 4.43. The van der Waals surface area contributed by atoms with Crippen molar-refractivity contribution in [2.24, 2.45) is 11.8 Å². The molecule has 2 heteroatoms. The molecule has 0 aromatic carbocycles. The lowest BCUT2D eigenvalue weighted by Crippen LogP contribution is -2.38. The minimum Gasteiger partial charge on any atom is -0.316 e. The minimum atomic E-state index is 0.830. The molecule has 84 valence electrons. The Labute approximate surface area is 89.1 Å². The summed E-state index contributed by atoms with van der Waals surface area (Å²) in [5, 5.41) is 3.60. The summed E-state index contributed by atoms with van der Waals surface area (Å²) in [4.78, 5) is 2.46. The van der Waals surface area contributed by atoms with E-state index in [1.165, 1.54) is 45.4 Å². The van der Waals surface area contributed by atoms with Crippen molar-refractivity contribution >= 4 is 0 Å². The van der Waals surface area contributed by atoms with Gasteiger partial charge in [-0.1, -0.05) is 20.3 Å². The highest BCUT2D eigenvalue weighted by Crippen LogP contribution is 2.13. The first-order valence-corrected chi connectivity index (χ1v) is 6.11. The van der Waals surface area contributed by atoms with Crippen LogP contribution in [0.4, 0.5) is 0 Å². The maximum Gasteiger partial charge on any atom is 0.00187 e. The van der Waals surface area contributed by atoms with Crippen LogP contribution in [0.3, 0.4) is 0 Å². The van der Waals surface area contributed by atoms with Crippen LogP contribution < -0.4 is 5.32 Å². The summed E-state index contributed by atoms with van der Waals surface area (Å²) in [7, 11) is 2.24. The van der Waals surface area contributed by atoms with Crippen molar-refractivity contribution < 1.29 is 0 Å². The van der Waals surface area contributed by atoms with E-state index in [9.17, 15) is 0 Å². The van der Waals surface area contributed by atoms with E-state index in [4.69, 9.17) is 0 Å². The smallest absolute Gasteiger partial charge is 0.00187 e. The summed E-state index contributed by atoms with van der Waals surface area (Å²) in [6.45, 7) is 9.57. The second-order valence-corrected chi connectivity index (χ2v) is 4.94. The monoisotopic (exact) mass is 198 g/mol. The van der Waals surface area contributed by atoms with E-state index < -0.39 is 0 Å². The highest BCUT2D eigenvalue weighted by molar-refractivity contribution is 4.72. The Kier molecular flexibility index (Phi) is 5.49. The zero-order chi connectivity index (χ0) is 10.4. The van der Waals surface area contributed by atoms with Crippen LogP contribution >= 0.6 is 0 Å². The van der Waals surface area contributed by atoms with E-state index in [-0.39, 0.29) is 0 Å². The Morgan fingerprint density at radius 3 is 2.93 bits per heavy atom. The van der Waals surface area contributed by atoms with Gasteiger partial charge in [-0.05, 0) is 51.4 Å². The fraction of sp³-hybridized carbons (Fsp3) is 1.00. The zero-order valence-electron chi connectivity index (χ0n) is 10.1. The quantitative estimate of drug-likeness (QED) is 0.726. The van der Waals surface area contributed by atoms with Gasteiger partial charge in [0, 0.05) is 6.54 Å². The molecule has 14 heavy (non-hydrogen) atoms. The van der Waals surface area contributed by atoms with Crippen LogP contribution in [0.1, 0.15) is 33.1 Å².